The fraction of sp³-hybridized carbons (Fsp3) is 0.278. The summed E-state index contributed by atoms with van der Waals surface area (Å²) in [6.07, 6.45) is 0.613. The van der Waals surface area contributed by atoms with Gasteiger partial charge in [-0.3, -0.25) is 14.9 Å². The van der Waals surface area contributed by atoms with Gasteiger partial charge in [-0.1, -0.05) is 29.8 Å². The summed E-state index contributed by atoms with van der Waals surface area (Å²) in [6, 6.07) is 11.9. The SMILES string of the molecule is CN(Cc1cc([N+](=O)[O-])ccc1Cl)C(=O)C1COc2ccccc2C1. The Bertz CT molecular complexity index is 824. The summed E-state index contributed by atoms with van der Waals surface area (Å²) in [6.45, 7) is 0.528. The van der Waals surface area contributed by atoms with E-state index in [0.717, 1.165) is 11.3 Å². The number of nitro benzene ring substituents is 1. The zero-order valence-corrected chi connectivity index (χ0v) is 14.4. The third-order valence-corrected chi connectivity index (χ3v) is 4.62. The van der Waals surface area contributed by atoms with Crippen molar-refractivity contribution >= 4 is 23.2 Å². The summed E-state index contributed by atoms with van der Waals surface area (Å²) in [7, 11) is 1.66. The van der Waals surface area contributed by atoms with Crippen LogP contribution in [0.15, 0.2) is 42.5 Å². The van der Waals surface area contributed by atoms with E-state index in [1.54, 1.807) is 7.05 Å². The first-order chi connectivity index (χ1) is 12.0. The molecular formula is C18H17ClN2O4. The fourth-order valence-corrected chi connectivity index (χ4v) is 3.10. The second kappa shape index (κ2) is 7.11. The van der Waals surface area contributed by atoms with Crippen LogP contribution >= 0.6 is 11.6 Å². The Morgan fingerprint density at radius 1 is 1.36 bits per heavy atom. The smallest absolute Gasteiger partial charge is 0.269 e. The number of rotatable bonds is 4. The molecule has 7 heteroatoms. The third-order valence-electron chi connectivity index (χ3n) is 4.25. The van der Waals surface area contributed by atoms with Crippen molar-refractivity contribution < 1.29 is 14.5 Å². The lowest BCUT2D eigenvalue weighted by Crippen LogP contribution is -2.38. The zero-order chi connectivity index (χ0) is 18.0. The maximum Gasteiger partial charge on any atom is 0.269 e. The van der Waals surface area contributed by atoms with E-state index < -0.39 is 4.92 Å². The quantitative estimate of drug-likeness (QED) is 0.618. The van der Waals surface area contributed by atoms with Crippen LogP contribution in [0.25, 0.3) is 0 Å². The molecule has 2 aromatic carbocycles. The maximum atomic E-state index is 12.7. The second-order valence-corrected chi connectivity index (χ2v) is 6.45. The molecule has 6 nitrogen and oxygen atoms in total. The zero-order valence-electron chi connectivity index (χ0n) is 13.6. The van der Waals surface area contributed by atoms with E-state index in [1.165, 1.54) is 23.1 Å². The van der Waals surface area contributed by atoms with Gasteiger partial charge in [0.2, 0.25) is 5.91 Å². The molecule has 25 heavy (non-hydrogen) atoms. The molecular weight excluding hydrogens is 344 g/mol. The van der Waals surface area contributed by atoms with Crippen molar-refractivity contribution in [3.8, 4) is 5.75 Å². The molecule has 3 rings (SSSR count). The number of amides is 1. The molecule has 1 aliphatic rings. The molecule has 1 unspecified atom stereocenters. The minimum atomic E-state index is -0.479. The van der Waals surface area contributed by atoms with Gasteiger partial charge in [0.05, 0.1) is 10.8 Å². The normalized spacial score (nSPS) is 15.8. The minimum absolute atomic E-state index is 0.0461. The maximum absolute atomic E-state index is 12.7. The van der Waals surface area contributed by atoms with Crippen LogP contribution in [0, 0.1) is 16.0 Å². The number of ether oxygens (including phenoxy) is 1. The highest BCUT2D eigenvalue weighted by molar-refractivity contribution is 6.31. The van der Waals surface area contributed by atoms with E-state index in [9.17, 15) is 14.9 Å². The summed E-state index contributed by atoms with van der Waals surface area (Å²) >= 11 is 6.12. The monoisotopic (exact) mass is 360 g/mol. The lowest BCUT2D eigenvalue weighted by atomic mass is 9.95. The molecule has 1 amide bonds. The molecule has 0 bridgehead atoms. The predicted octanol–water partition coefficient (Wildman–Crippen LogP) is 3.46. The lowest BCUT2D eigenvalue weighted by Gasteiger charge is -2.28. The van der Waals surface area contributed by atoms with Gasteiger partial charge in [-0.2, -0.15) is 0 Å². The van der Waals surface area contributed by atoms with E-state index in [1.807, 2.05) is 24.3 Å². The Labute approximate surface area is 150 Å². The largest absolute Gasteiger partial charge is 0.492 e. The van der Waals surface area contributed by atoms with Gasteiger partial charge in [0, 0.05) is 30.7 Å². The van der Waals surface area contributed by atoms with E-state index >= 15 is 0 Å². The molecule has 0 spiro atoms. The van der Waals surface area contributed by atoms with Crippen molar-refractivity contribution in [1.29, 1.82) is 0 Å². The first kappa shape index (κ1) is 17.2. The van der Waals surface area contributed by atoms with Crippen LogP contribution in [0.3, 0.4) is 0 Å². The van der Waals surface area contributed by atoms with Crippen molar-refractivity contribution in [3.63, 3.8) is 0 Å². The van der Waals surface area contributed by atoms with Crippen molar-refractivity contribution in [3.05, 3.63) is 68.7 Å². The van der Waals surface area contributed by atoms with Crippen LogP contribution in [-0.4, -0.2) is 29.4 Å². The van der Waals surface area contributed by atoms with Gasteiger partial charge in [0.1, 0.15) is 12.4 Å². The van der Waals surface area contributed by atoms with Gasteiger partial charge in [0.15, 0.2) is 0 Å². The van der Waals surface area contributed by atoms with E-state index in [-0.39, 0.29) is 24.1 Å². The van der Waals surface area contributed by atoms with Crippen LogP contribution in [0.5, 0.6) is 5.75 Å². The molecule has 0 fully saturated rings. The first-order valence-corrected chi connectivity index (χ1v) is 8.22. The highest BCUT2D eigenvalue weighted by Crippen LogP contribution is 2.28. The lowest BCUT2D eigenvalue weighted by molar-refractivity contribution is -0.384. The summed E-state index contributed by atoms with van der Waals surface area (Å²) < 4.78 is 5.67. The number of hydrogen-bond acceptors (Lipinski definition) is 4. The number of halogens is 1. The molecule has 0 aliphatic carbocycles. The standard InChI is InChI=1S/C18H17ClN2O4/c1-20(10-13-9-15(21(23)24)6-7-16(13)19)18(22)14-8-12-4-2-3-5-17(12)25-11-14/h2-7,9,14H,8,10-11H2,1H3. The first-order valence-electron chi connectivity index (χ1n) is 7.84. The number of nitro groups is 1. The molecule has 2 aromatic rings. The van der Waals surface area contributed by atoms with Gasteiger partial charge >= 0.3 is 0 Å². The summed E-state index contributed by atoms with van der Waals surface area (Å²) in [5.74, 6) is 0.463. The number of nitrogens with zero attached hydrogens (tertiary/aromatic N) is 2. The summed E-state index contributed by atoms with van der Waals surface area (Å²) in [5.41, 5.74) is 1.51. The number of benzene rings is 2. The molecule has 0 saturated heterocycles. The highest BCUT2D eigenvalue weighted by atomic mass is 35.5. The van der Waals surface area contributed by atoms with Gasteiger partial charge in [0.25, 0.3) is 5.69 Å². The Hall–Kier alpha value is -2.60. The van der Waals surface area contributed by atoms with Crippen LogP contribution < -0.4 is 4.74 Å². The molecule has 1 heterocycles. The number of hydrogen-bond donors (Lipinski definition) is 0. The van der Waals surface area contributed by atoms with Crippen molar-refractivity contribution in [2.24, 2.45) is 5.92 Å². The summed E-state index contributed by atoms with van der Waals surface area (Å²) in [4.78, 5) is 24.7. The van der Waals surface area contributed by atoms with Crippen LogP contribution in [-0.2, 0) is 17.8 Å². The average Bonchev–Trinajstić information content (AvgIpc) is 2.62. The molecule has 0 aromatic heterocycles. The van der Waals surface area contributed by atoms with E-state index in [2.05, 4.69) is 0 Å². The molecule has 130 valence electrons. The number of carbonyl (C=O) groups is 1. The van der Waals surface area contributed by atoms with Crippen molar-refractivity contribution in [1.82, 2.24) is 4.90 Å². The van der Waals surface area contributed by atoms with Crippen LogP contribution in [0.2, 0.25) is 5.02 Å². The number of non-ortho nitro benzene ring substituents is 1. The number of carbonyl (C=O) groups excluding carboxylic acids is 1. The van der Waals surface area contributed by atoms with E-state index in [4.69, 9.17) is 16.3 Å². The Kier molecular flexibility index (Phi) is 4.90. The van der Waals surface area contributed by atoms with Gasteiger partial charge in [-0.25, -0.2) is 0 Å². The Morgan fingerprint density at radius 2 is 2.12 bits per heavy atom. The summed E-state index contributed by atoms with van der Waals surface area (Å²) in [5, 5.41) is 11.3. The average molecular weight is 361 g/mol. The van der Waals surface area contributed by atoms with Gasteiger partial charge in [-0.15, -0.1) is 0 Å². The van der Waals surface area contributed by atoms with Crippen LogP contribution in [0.1, 0.15) is 11.1 Å². The van der Waals surface area contributed by atoms with Gasteiger partial charge in [-0.05, 0) is 29.7 Å². The highest BCUT2D eigenvalue weighted by Gasteiger charge is 2.28. The second-order valence-electron chi connectivity index (χ2n) is 6.05. The molecule has 1 aliphatic heterocycles. The minimum Gasteiger partial charge on any atom is -0.492 e. The molecule has 0 N–H and O–H groups in total. The van der Waals surface area contributed by atoms with Crippen LogP contribution in [0.4, 0.5) is 5.69 Å². The number of para-hydroxylation sites is 1. The van der Waals surface area contributed by atoms with Gasteiger partial charge < -0.3 is 9.64 Å². The number of fused-ring (bicyclic) bond motifs is 1. The predicted molar refractivity (Wildman–Crippen MR) is 93.7 cm³/mol. The third kappa shape index (κ3) is 3.74. The molecule has 0 saturated carbocycles. The Morgan fingerprint density at radius 3 is 2.88 bits per heavy atom. The molecule has 1 atom stereocenters. The van der Waals surface area contributed by atoms with E-state index in [0.29, 0.717) is 23.6 Å². The van der Waals surface area contributed by atoms with Crippen molar-refractivity contribution in [2.45, 2.75) is 13.0 Å². The Balaban J connectivity index is 1.72. The molecule has 0 radical (unpaired) electrons. The van der Waals surface area contributed by atoms with Crippen molar-refractivity contribution in [2.75, 3.05) is 13.7 Å². The fourth-order valence-electron chi connectivity index (χ4n) is 2.93. The topological polar surface area (TPSA) is 72.7 Å².